The summed E-state index contributed by atoms with van der Waals surface area (Å²) in [5, 5.41) is 4.52. The summed E-state index contributed by atoms with van der Waals surface area (Å²) in [6.45, 7) is 0.680. The first-order chi connectivity index (χ1) is 10.2. The number of halogens is 1. The molecule has 1 saturated heterocycles. The fraction of sp³-hybridized carbons (Fsp3) is 0.733. The van der Waals surface area contributed by atoms with Gasteiger partial charge < -0.3 is 9.47 Å². The fourth-order valence-electron chi connectivity index (χ4n) is 3.29. The quantitative estimate of drug-likeness (QED) is 0.805. The maximum Gasteiger partial charge on any atom is 0.311 e. The van der Waals surface area contributed by atoms with Crippen molar-refractivity contribution in [2.24, 2.45) is 0 Å². The van der Waals surface area contributed by atoms with Crippen molar-refractivity contribution >= 4 is 11.6 Å². The Morgan fingerprint density at radius 2 is 2.24 bits per heavy atom. The monoisotopic (exact) mass is 312 g/mol. The van der Waals surface area contributed by atoms with Gasteiger partial charge in [-0.3, -0.25) is 4.79 Å². The smallest absolute Gasteiger partial charge is 0.311 e. The summed E-state index contributed by atoms with van der Waals surface area (Å²) in [5.41, 5.74) is 0.692. The SMILES string of the molecule is COc1c(C2CCC(Cl)C2)cnn(C2CCCCO2)c1=O. The van der Waals surface area contributed by atoms with Crippen LogP contribution >= 0.6 is 11.6 Å². The van der Waals surface area contributed by atoms with Crippen LogP contribution in [0, 0.1) is 0 Å². The number of ether oxygens (including phenoxy) is 2. The molecule has 6 heteroatoms. The second-order valence-corrected chi connectivity index (χ2v) is 6.43. The largest absolute Gasteiger partial charge is 0.491 e. The van der Waals surface area contributed by atoms with Crippen LogP contribution < -0.4 is 10.3 Å². The van der Waals surface area contributed by atoms with Crippen LogP contribution in [0.5, 0.6) is 5.75 Å². The van der Waals surface area contributed by atoms with Gasteiger partial charge >= 0.3 is 5.56 Å². The minimum Gasteiger partial charge on any atom is -0.491 e. The van der Waals surface area contributed by atoms with Gasteiger partial charge in [0.2, 0.25) is 0 Å². The van der Waals surface area contributed by atoms with E-state index >= 15 is 0 Å². The lowest BCUT2D eigenvalue weighted by molar-refractivity contribution is -0.0429. The summed E-state index contributed by atoms with van der Waals surface area (Å²) >= 11 is 6.18. The molecule has 3 unspecified atom stereocenters. The molecule has 116 valence electrons. The number of rotatable bonds is 3. The van der Waals surface area contributed by atoms with Crippen LogP contribution in [-0.2, 0) is 4.74 Å². The fourth-order valence-corrected chi connectivity index (χ4v) is 3.63. The van der Waals surface area contributed by atoms with Crippen LogP contribution in [0.1, 0.15) is 56.2 Å². The Bertz CT molecular complexity index is 554. The Kier molecular flexibility index (Phi) is 4.50. The van der Waals surface area contributed by atoms with Crippen molar-refractivity contribution in [3.8, 4) is 5.75 Å². The van der Waals surface area contributed by atoms with E-state index in [9.17, 15) is 4.79 Å². The Labute approximate surface area is 129 Å². The summed E-state index contributed by atoms with van der Waals surface area (Å²) in [7, 11) is 1.54. The predicted octanol–water partition coefficient (Wildman–Crippen LogP) is 2.83. The van der Waals surface area contributed by atoms with Crippen LogP contribution in [0.4, 0.5) is 0 Å². The van der Waals surface area contributed by atoms with Crippen LogP contribution in [0.3, 0.4) is 0 Å². The van der Waals surface area contributed by atoms with Crippen molar-refractivity contribution in [2.45, 2.75) is 56.0 Å². The number of hydrogen-bond acceptors (Lipinski definition) is 4. The molecule has 0 bridgehead atoms. The van der Waals surface area contributed by atoms with E-state index in [0.29, 0.717) is 12.4 Å². The average molecular weight is 313 g/mol. The average Bonchev–Trinajstić information content (AvgIpc) is 2.94. The second-order valence-electron chi connectivity index (χ2n) is 5.81. The van der Waals surface area contributed by atoms with Crippen molar-refractivity contribution in [3.63, 3.8) is 0 Å². The standard InChI is InChI=1S/C15H21ClN2O3/c1-20-14-12(10-5-6-11(16)8-10)9-17-18(15(14)19)13-4-2-3-7-21-13/h9-11,13H,2-8H2,1H3. The molecule has 3 atom stereocenters. The second kappa shape index (κ2) is 6.36. The third kappa shape index (κ3) is 2.94. The van der Waals surface area contributed by atoms with Gasteiger partial charge in [-0.25, -0.2) is 0 Å². The van der Waals surface area contributed by atoms with Gasteiger partial charge in [0.25, 0.3) is 0 Å². The van der Waals surface area contributed by atoms with E-state index in [2.05, 4.69) is 5.10 Å². The molecule has 2 fully saturated rings. The maximum absolute atomic E-state index is 12.6. The van der Waals surface area contributed by atoms with E-state index in [1.807, 2.05) is 0 Å². The predicted molar refractivity (Wildman–Crippen MR) is 80.1 cm³/mol. The van der Waals surface area contributed by atoms with Crippen LogP contribution in [-0.4, -0.2) is 28.9 Å². The maximum atomic E-state index is 12.6. The van der Waals surface area contributed by atoms with Gasteiger partial charge in [0.15, 0.2) is 12.0 Å². The molecule has 0 spiro atoms. The van der Waals surface area contributed by atoms with E-state index in [1.54, 1.807) is 13.3 Å². The molecule has 1 aliphatic heterocycles. The van der Waals surface area contributed by atoms with Gasteiger partial charge in [0.1, 0.15) is 0 Å². The van der Waals surface area contributed by atoms with Crippen LogP contribution in [0.2, 0.25) is 0 Å². The molecule has 1 aromatic rings. The number of methoxy groups -OCH3 is 1. The lowest BCUT2D eigenvalue weighted by atomic mass is 9.99. The zero-order valence-electron chi connectivity index (χ0n) is 12.3. The minimum absolute atomic E-state index is 0.184. The molecule has 1 saturated carbocycles. The Morgan fingerprint density at radius 1 is 1.38 bits per heavy atom. The van der Waals surface area contributed by atoms with E-state index in [-0.39, 0.29) is 23.1 Å². The summed E-state index contributed by atoms with van der Waals surface area (Å²) in [4.78, 5) is 12.6. The van der Waals surface area contributed by atoms with Gasteiger partial charge in [-0.1, -0.05) is 0 Å². The third-order valence-electron chi connectivity index (χ3n) is 4.43. The zero-order chi connectivity index (χ0) is 14.8. The molecule has 0 N–H and O–H groups in total. The zero-order valence-corrected chi connectivity index (χ0v) is 13.0. The number of alkyl halides is 1. The minimum atomic E-state index is -0.265. The summed E-state index contributed by atoms with van der Waals surface area (Å²) < 4.78 is 12.5. The van der Waals surface area contributed by atoms with Gasteiger partial charge in [-0.15, -0.1) is 11.6 Å². The van der Waals surface area contributed by atoms with Gasteiger partial charge in [-0.05, 0) is 44.4 Å². The Morgan fingerprint density at radius 3 is 2.86 bits per heavy atom. The van der Waals surface area contributed by atoms with E-state index in [0.717, 1.165) is 44.1 Å². The Hall–Kier alpha value is -1.07. The third-order valence-corrected chi connectivity index (χ3v) is 4.82. The van der Waals surface area contributed by atoms with Crippen LogP contribution in [0.15, 0.2) is 11.0 Å². The first-order valence-electron chi connectivity index (χ1n) is 7.62. The molecule has 2 aliphatic rings. The molecule has 0 aromatic carbocycles. The first-order valence-corrected chi connectivity index (χ1v) is 8.05. The number of aromatic nitrogens is 2. The first kappa shape index (κ1) is 14.9. The molecule has 1 aromatic heterocycles. The summed E-state index contributed by atoms with van der Waals surface area (Å²) in [6.07, 6.45) is 7.25. The highest BCUT2D eigenvalue weighted by Gasteiger charge is 2.29. The van der Waals surface area contributed by atoms with Crippen molar-refractivity contribution in [1.29, 1.82) is 0 Å². The van der Waals surface area contributed by atoms with Gasteiger partial charge in [0, 0.05) is 17.5 Å². The number of nitrogens with zero attached hydrogens (tertiary/aromatic N) is 2. The van der Waals surface area contributed by atoms with Crippen LogP contribution in [0.25, 0.3) is 0 Å². The lowest BCUT2D eigenvalue weighted by Crippen LogP contribution is -2.32. The normalized spacial score (nSPS) is 29.5. The van der Waals surface area contributed by atoms with Gasteiger partial charge in [-0.2, -0.15) is 9.78 Å². The summed E-state index contributed by atoms with van der Waals surface area (Å²) in [6, 6.07) is 0. The molecule has 5 nitrogen and oxygen atoms in total. The lowest BCUT2D eigenvalue weighted by Gasteiger charge is -2.24. The highest BCUT2D eigenvalue weighted by atomic mass is 35.5. The molecular weight excluding hydrogens is 292 g/mol. The van der Waals surface area contributed by atoms with Crippen molar-refractivity contribution in [3.05, 3.63) is 22.1 Å². The van der Waals surface area contributed by atoms with Crippen molar-refractivity contribution < 1.29 is 9.47 Å². The van der Waals surface area contributed by atoms with E-state index in [1.165, 1.54) is 4.68 Å². The van der Waals surface area contributed by atoms with E-state index < -0.39 is 0 Å². The van der Waals surface area contributed by atoms with Gasteiger partial charge in [0.05, 0.1) is 13.3 Å². The highest BCUT2D eigenvalue weighted by Crippen LogP contribution is 2.39. The highest BCUT2D eigenvalue weighted by molar-refractivity contribution is 6.20. The molecular formula is C15H21ClN2O3. The molecule has 3 rings (SSSR count). The summed E-state index contributed by atoms with van der Waals surface area (Å²) in [5.74, 6) is 0.666. The molecule has 0 radical (unpaired) electrons. The molecule has 21 heavy (non-hydrogen) atoms. The Balaban J connectivity index is 1.93. The van der Waals surface area contributed by atoms with E-state index in [4.69, 9.17) is 21.1 Å². The number of hydrogen-bond donors (Lipinski definition) is 0. The molecule has 0 amide bonds. The molecule has 2 heterocycles. The van der Waals surface area contributed by atoms with Crippen molar-refractivity contribution in [1.82, 2.24) is 9.78 Å². The topological polar surface area (TPSA) is 53.4 Å². The van der Waals surface area contributed by atoms with Crippen molar-refractivity contribution in [2.75, 3.05) is 13.7 Å². The molecule has 1 aliphatic carbocycles.